The van der Waals surface area contributed by atoms with E-state index < -0.39 is 0 Å². The lowest BCUT2D eigenvalue weighted by Gasteiger charge is -2.11. The molecule has 0 fully saturated rings. The summed E-state index contributed by atoms with van der Waals surface area (Å²) in [6.45, 7) is 6.63. The van der Waals surface area contributed by atoms with Gasteiger partial charge in [0, 0.05) is 17.2 Å². The summed E-state index contributed by atoms with van der Waals surface area (Å²) in [4.78, 5) is 6.54. The maximum absolute atomic E-state index is 4.42. The number of nitrogens with zero attached hydrogens (tertiary/aromatic N) is 1. The molecule has 1 nitrogen and oxygen atoms in total. The molecule has 3 heteroatoms. The van der Waals surface area contributed by atoms with Gasteiger partial charge in [-0.1, -0.05) is 37.1 Å². The second-order valence-corrected chi connectivity index (χ2v) is 5.65. The quantitative estimate of drug-likeness (QED) is 0.565. The van der Waals surface area contributed by atoms with E-state index >= 15 is 0 Å². The minimum absolute atomic E-state index is 0.830. The molecule has 0 N–H and O–H groups in total. The summed E-state index contributed by atoms with van der Waals surface area (Å²) >= 11 is 6.35. The Balaban J connectivity index is 2.82. The van der Waals surface area contributed by atoms with Gasteiger partial charge < -0.3 is 4.99 Å². The van der Waals surface area contributed by atoms with Crippen LogP contribution in [-0.4, -0.2) is 19.0 Å². The van der Waals surface area contributed by atoms with Gasteiger partial charge in [0.15, 0.2) is 0 Å². The molecule has 0 aromatic carbocycles. The fourth-order valence-corrected chi connectivity index (χ4v) is 3.22. The molecule has 0 spiro atoms. The summed E-state index contributed by atoms with van der Waals surface area (Å²) in [7, 11) is 0. The van der Waals surface area contributed by atoms with Crippen LogP contribution in [0, 0.1) is 0 Å². The van der Waals surface area contributed by atoms with E-state index in [4.69, 9.17) is 0 Å². The highest BCUT2D eigenvalue weighted by molar-refractivity contribution is 8.03. The van der Waals surface area contributed by atoms with Crippen molar-refractivity contribution in [3.8, 4) is 0 Å². The molecule has 94 valence electrons. The van der Waals surface area contributed by atoms with Crippen LogP contribution < -0.4 is 0 Å². The Labute approximate surface area is 115 Å². The number of rotatable bonds is 5. The normalized spacial score (nSPS) is 26.4. The van der Waals surface area contributed by atoms with Crippen molar-refractivity contribution in [2.24, 2.45) is 4.99 Å². The van der Waals surface area contributed by atoms with Crippen LogP contribution in [0.2, 0.25) is 0 Å². The van der Waals surface area contributed by atoms with Crippen LogP contribution in [0.5, 0.6) is 0 Å². The zero-order chi connectivity index (χ0) is 12.5. The summed E-state index contributed by atoms with van der Waals surface area (Å²) < 4.78 is 0. The zero-order valence-electron chi connectivity index (χ0n) is 10.5. The van der Waals surface area contributed by atoms with Crippen molar-refractivity contribution in [2.45, 2.75) is 32.6 Å². The topological polar surface area (TPSA) is 12.4 Å². The third-order valence-electron chi connectivity index (χ3n) is 2.65. The zero-order valence-corrected chi connectivity index (χ0v) is 12.2. The summed E-state index contributed by atoms with van der Waals surface area (Å²) in [6, 6.07) is 0. The molecule has 0 aliphatic carbocycles. The van der Waals surface area contributed by atoms with Crippen LogP contribution in [0.15, 0.2) is 38.6 Å². The second-order valence-electron chi connectivity index (χ2n) is 4.02. The SMILES string of the molecule is C=NCC/C1=C(\CCC)C/C=C\C(S)=C/CS1. The van der Waals surface area contributed by atoms with Gasteiger partial charge in [-0.3, -0.25) is 0 Å². The first-order valence-electron chi connectivity index (χ1n) is 6.09. The van der Waals surface area contributed by atoms with E-state index in [-0.39, 0.29) is 0 Å². The number of allylic oxidation sites excluding steroid dienone is 3. The maximum atomic E-state index is 4.42. The van der Waals surface area contributed by atoms with Crippen LogP contribution in [0.1, 0.15) is 32.6 Å². The molecular weight excluding hydrogens is 246 g/mol. The lowest BCUT2D eigenvalue weighted by atomic mass is 10.1. The van der Waals surface area contributed by atoms with E-state index in [9.17, 15) is 0 Å². The Kier molecular flexibility index (Phi) is 7.45. The van der Waals surface area contributed by atoms with Gasteiger partial charge in [0.05, 0.1) is 0 Å². The van der Waals surface area contributed by atoms with Crippen LogP contribution in [-0.2, 0) is 0 Å². The van der Waals surface area contributed by atoms with Crippen molar-refractivity contribution in [1.29, 1.82) is 0 Å². The highest BCUT2D eigenvalue weighted by Gasteiger charge is 2.07. The van der Waals surface area contributed by atoms with Crippen molar-refractivity contribution in [3.05, 3.63) is 33.6 Å². The number of aliphatic imine (C=N–C) groups is 1. The first-order valence-corrected chi connectivity index (χ1v) is 7.53. The number of thioether (sulfide) groups is 1. The molecule has 0 amide bonds. The van der Waals surface area contributed by atoms with Gasteiger partial charge in [-0.05, 0) is 30.9 Å². The predicted molar refractivity (Wildman–Crippen MR) is 84.3 cm³/mol. The summed E-state index contributed by atoms with van der Waals surface area (Å²) in [6.07, 6.45) is 11.0. The van der Waals surface area contributed by atoms with Crippen LogP contribution in [0.4, 0.5) is 0 Å². The Morgan fingerprint density at radius 1 is 1.47 bits per heavy atom. The van der Waals surface area contributed by atoms with E-state index in [0.29, 0.717) is 0 Å². The summed E-state index contributed by atoms with van der Waals surface area (Å²) in [5.41, 5.74) is 1.56. The third kappa shape index (κ3) is 5.64. The monoisotopic (exact) mass is 267 g/mol. The fourth-order valence-electron chi connectivity index (χ4n) is 1.81. The van der Waals surface area contributed by atoms with Gasteiger partial charge in [0.1, 0.15) is 0 Å². The Morgan fingerprint density at radius 2 is 2.29 bits per heavy atom. The molecule has 1 aliphatic rings. The maximum Gasteiger partial charge on any atom is 0.0427 e. The molecule has 1 heterocycles. The van der Waals surface area contributed by atoms with E-state index in [1.54, 1.807) is 5.57 Å². The van der Waals surface area contributed by atoms with E-state index in [0.717, 1.165) is 30.0 Å². The van der Waals surface area contributed by atoms with Gasteiger partial charge in [-0.2, -0.15) is 0 Å². The number of hydrogen-bond acceptors (Lipinski definition) is 3. The van der Waals surface area contributed by atoms with Gasteiger partial charge in [-0.25, -0.2) is 0 Å². The van der Waals surface area contributed by atoms with Gasteiger partial charge >= 0.3 is 0 Å². The van der Waals surface area contributed by atoms with E-state index in [1.807, 2.05) is 11.8 Å². The van der Waals surface area contributed by atoms with Crippen LogP contribution >= 0.6 is 24.4 Å². The number of hydrogen-bond donors (Lipinski definition) is 1. The van der Waals surface area contributed by atoms with Gasteiger partial charge in [-0.15, -0.1) is 24.4 Å². The molecule has 0 radical (unpaired) electrons. The highest BCUT2D eigenvalue weighted by Crippen LogP contribution is 2.30. The standard InChI is InChI=1S/C14H21NS2/c1-3-5-12-6-4-7-13(16)9-11-17-14(12)8-10-15-2/h4,7,9,16H,2-3,5-6,8,10-11H2,1H3/b7-4-,13-9+,14-12-. The molecule has 1 rings (SSSR count). The molecule has 0 aromatic rings. The minimum atomic E-state index is 0.830. The minimum Gasteiger partial charge on any atom is -0.301 e. The third-order valence-corrected chi connectivity index (χ3v) is 4.15. The smallest absolute Gasteiger partial charge is 0.0427 e. The molecule has 17 heavy (non-hydrogen) atoms. The van der Waals surface area contributed by atoms with Crippen LogP contribution in [0.25, 0.3) is 0 Å². The van der Waals surface area contributed by atoms with Crippen molar-refractivity contribution >= 4 is 31.1 Å². The molecule has 0 saturated heterocycles. The predicted octanol–water partition coefficient (Wildman–Crippen LogP) is 4.64. The summed E-state index contributed by atoms with van der Waals surface area (Å²) in [5, 5.41) is 0. The van der Waals surface area contributed by atoms with Gasteiger partial charge in [0.25, 0.3) is 0 Å². The Morgan fingerprint density at radius 3 is 3.00 bits per heavy atom. The largest absolute Gasteiger partial charge is 0.301 e. The van der Waals surface area contributed by atoms with Crippen molar-refractivity contribution in [3.63, 3.8) is 0 Å². The average Bonchev–Trinajstić information content (AvgIpc) is 2.39. The van der Waals surface area contributed by atoms with E-state index in [2.05, 4.69) is 49.5 Å². The van der Waals surface area contributed by atoms with Crippen molar-refractivity contribution in [1.82, 2.24) is 0 Å². The van der Waals surface area contributed by atoms with Crippen molar-refractivity contribution < 1.29 is 0 Å². The molecule has 1 aliphatic heterocycles. The molecule has 0 bridgehead atoms. The van der Waals surface area contributed by atoms with E-state index in [1.165, 1.54) is 17.7 Å². The van der Waals surface area contributed by atoms with Crippen LogP contribution in [0.3, 0.4) is 0 Å². The lowest BCUT2D eigenvalue weighted by Crippen LogP contribution is -1.92. The molecule has 0 aromatic heterocycles. The van der Waals surface area contributed by atoms with Crippen molar-refractivity contribution in [2.75, 3.05) is 12.3 Å². The Bertz CT molecular complexity index is 340. The van der Waals surface area contributed by atoms with Gasteiger partial charge in [0.2, 0.25) is 0 Å². The number of thiol groups is 1. The summed E-state index contributed by atoms with van der Waals surface area (Å²) in [5.74, 6) is 1.00. The molecule has 0 atom stereocenters. The highest BCUT2D eigenvalue weighted by atomic mass is 32.2. The second kappa shape index (κ2) is 8.65. The average molecular weight is 267 g/mol. The first-order chi connectivity index (χ1) is 8.27. The molecule has 0 unspecified atom stereocenters. The molecular formula is C14H21NS2. The first kappa shape index (κ1) is 14.7. The molecule has 0 saturated carbocycles. The fraction of sp³-hybridized carbons (Fsp3) is 0.500. The lowest BCUT2D eigenvalue weighted by molar-refractivity contribution is 0.857. The Hall–Kier alpha value is -0.410.